The van der Waals surface area contributed by atoms with Gasteiger partial charge in [0.15, 0.2) is 0 Å². The van der Waals surface area contributed by atoms with Gasteiger partial charge in [-0.2, -0.15) is 9.57 Å². The lowest BCUT2D eigenvalue weighted by atomic mass is 9.93. The van der Waals surface area contributed by atoms with Crippen molar-refractivity contribution in [2.24, 2.45) is 11.7 Å². The van der Waals surface area contributed by atoms with Crippen molar-refractivity contribution >= 4 is 10.0 Å². The average molecular weight is 293 g/mol. The molecule has 108 valence electrons. The molecule has 1 heterocycles. The molecule has 1 fully saturated rings. The smallest absolute Gasteiger partial charge is 0.243 e. The molecule has 2 atom stereocenters. The van der Waals surface area contributed by atoms with Crippen molar-refractivity contribution in [3.8, 4) is 6.07 Å². The normalized spacial score (nSPS) is 22.1. The number of nitrogens with two attached hydrogens (primary N) is 1. The molecule has 20 heavy (non-hydrogen) atoms. The van der Waals surface area contributed by atoms with E-state index in [0.717, 1.165) is 12.8 Å². The van der Waals surface area contributed by atoms with Crippen molar-refractivity contribution in [3.05, 3.63) is 29.8 Å². The lowest BCUT2D eigenvalue weighted by Crippen LogP contribution is -2.44. The van der Waals surface area contributed by atoms with Gasteiger partial charge < -0.3 is 5.73 Å². The Kier molecular flexibility index (Phi) is 4.43. The molecular weight excluding hydrogens is 274 g/mol. The van der Waals surface area contributed by atoms with Crippen LogP contribution >= 0.6 is 0 Å². The molecule has 0 saturated carbocycles. The Morgan fingerprint density at radius 2 is 2.05 bits per heavy atom. The number of piperidine rings is 1. The van der Waals surface area contributed by atoms with Crippen LogP contribution in [-0.2, 0) is 10.0 Å². The third kappa shape index (κ3) is 3.01. The minimum atomic E-state index is -3.49. The van der Waals surface area contributed by atoms with Crippen LogP contribution in [0.5, 0.6) is 0 Å². The fourth-order valence-corrected chi connectivity index (χ4v) is 4.01. The molecular formula is C14H19N3O2S. The maximum atomic E-state index is 12.6. The van der Waals surface area contributed by atoms with Gasteiger partial charge in [0.25, 0.3) is 0 Å². The second-order valence-electron chi connectivity index (χ2n) is 5.26. The van der Waals surface area contributed by atoms with Crippen molar-refractivity contribution in [2.45, 2.75) is 30.7 Å². The standard InChI is InChI=1S/C14H19N3O2S/c1-11(16)13-3-2-8-17(10-13)20(18,19)14-6-4-12(9-15)5-7-14/h4-7,11,13H,2-3,8,10,16H2,1H3. The van der Waals surface area contributed by atoms with E-state index in [-0.39, 0.29) is 16.9 Å². The van der Waals surface area contributed by atoms with Gasteiger partial charge in [-0.3, -0.25) is 0 Å². The molecule has 1 aromatic carbocycles. The van der Waals surface area contributed by atoms with Crippen LogP contribution in [0.2, 0.25) is 0 Å². The number of hydrogen-bond acceptors (Lipinski definition) is 4. The second kappa shape index (κ2) is 5.92. The highest BCUT2D eigenvalue weighted by atomic mass is 32.2. The number of rotatable bonds is 3. The van der Waals surface area contributed by atoms with E-state index in [9.17, 15) is 8.42 Å². The molecule has 2 rings (SSSR count). The molecule has 0 aliphatic carbocycles. The zero-order chi connectivity index (χ0) is 14.8. The van der Waals surface area contributed by atoms with Crippen LogP contribution in [0.25, 0.3) is 0 Å². The Balaban J connectivity index is 2.23. The van der Waals surface area contributed by atoms with Gasteiger partial charge in [0.05, 0.1) is 16.5 Å². The van der Waals surface area contributed by atoms with Gasteiger partial charge in [-0.1, -0.05) is 0 Å². The average Bonchev–Trinajstić information content (AvgIpc) is 2.47. The van der Waals surface area contributed by atoms with Gasteiger partial charge in [-0.25, -0.2) is 8.42 Å². The van der Waals surface area contributed by atoms with Gasteiger partial charge in [0.1, 0.15) is 0 Å². The number of benzene rings is 1. The summed E-state index contributed by atoms with van der Waals surface area (Å²) in [6.45, 7) is 2.92. The van der Waals surface area contributed by atoms with Gasteiger partial charge in [0, 0.05) is 19.1 Å². The summed E-state index contributed by atoms with van der Waals surface area (Å²) in [7, 11) is -3.49. The van der Waals surface area contributed by atoms with E-state index < -0.39 is 10.0 Å². The number of sulfonamides is 1. The van der Waals surface area contributed by atoms with E-state index in [1.165, 1.54) is 28.6 Å². The summed E-state index contributed by atoms with van der Waals surface area (Å²) >= 11 is 0. The van der Waals surface area contributed by atoms with E-state index in [0.29, 0.717) is 18.7 Å². The molecule has 0 bridgehead atoms. The van der Waals surface area contributed by atoms with Crippen molar-refractivity contribution in [2.75, 3.05) is 13.1 Å². The molecule has 2 unspecified atom stereocenters. The Labute approximate surface area is 120 Å². The summed E-state index contributed by atoms with van der Waals surface area (Å²) < 4.78 is 26.6. The summed E-state index contributed by atoms with van der Waals surface area (Å²) in [5, 5.41) is 8.75. The van der Waals surface area contributed by atoms with Crippen LogP contribution in [0.4, 0.5) is 0 Å². The first-order valence-electron chi connectivity index (χ1n) is 6.71. The summed E-state index contributed by atoms with van der Waals surface area (Å²) in [5.74, 6) is 0.205. The summed E-state index contributed by atoms with van der Waals surface area (Å²) in [6.07, 6.45) is 1.80. The van der Waals surface area contributed by atoms with E-state index in [1.54, 1.807) is 0 Å². The Hall–Kier alpha value is -1.42. The van der Waals surface area contributed by atoms with Gasteiger partial charge in [0.2, 0.25) is 10.0 Å². The second-order valence-corrected chi connectivity index (χ2v) is 7.20. The van der Waals surface area contributed by atoms with Gasteiger partial charge in [-0.15, -0.1) is 0 Å². The largest absolute Gasteiger partial charge is 0.328 e. The third-order valence-electron chi connectivity index (χ3n) is 3.79. The zero-order valence-electron chi connectivity index (χ0n) is 11.5. The first kappa shape index (κ1) is 15.0. The quantitative estimate of drug-likeness (QED) is 0.910. The maximum absolute atomic E-state index is 12.6. The summed E-state index contributed by atoms with van der Waals surface area (Å²) in [4.78, 5) is 0.238. The summed E-state index contributed by atoms with van der Waals surface area (Å²) in [5.41, 5.74) is 6.35. The van der Waals surface area contributed by atoms with Crippen LogP contribution < -0.4 is 5.73 Å². The first-order valence-corrected chi connectivity index (χ1v) is 8.15. The highest BCUT2D eigenvalue weighted by molar-refractivity contribution is 7.89. The fraction of sp³-hybridized carbons (Fsp3) is 0.500. The van der Waals surface area contributed by atoms with Crippen LogP contribution in [0.3, 0.4) is 0 Å². The number of hydrogen-bond donors (Lipinski definition) is 1. The van der Waals surface area contributed by atoms with Crippen molar-refractivity contribution < 1.29 is 8.42 Å². The highest BCUT2D eigenvalue weighted by Gasteiger charge is 2.31. The van der Waals surface area contributed by atoms with E-state index >= 15 is 0 Å². The van der Waals surface area contributed by atoms with Crippen LogP contribution in [-0.4, -0.2) is 31.9 Å². The molecule has 0 aromatic heterocycles. The van der Waals surface area contributed by atoms with E-state index in [4.69, 9.17) is 11.0 Å². The molecule has 0 amide bonds. The topological polar surface area (TPSA) is 87.2 Å². The molecule has 1 saturated heterocycles. The zero-order valence-corrected chi connectivity index (χ0v) is 12.3. The maximum Gasteiger partial charge on any atom is 0.243 e. The van der Waals surface area contributed by atoms with Crippen molar-refractivity contribution in [3.63, 3.8) is 0 Å². The van der Waals surface area contributed by atoms with Crippen molar-refractivity contribution in [1.29, 1.82) is 5.26 Å². The SMILES string of the molecule is CC(N)C1CCCN(S(=O)(=O)c2ccc(C#N)cc2)C1. The molecule has 0 radical (unpaired) electrons. The predicted octanol–water partition coefficient (Wildman–Crippen LogP) is 1.31. The number of nitrogens with zero attached hydrogens (tertiary/aromatic N) is 2. The van der Waals surface area contributed by atoms with Crippen LogP contribution in [0.1, 0.15) is 25.3 Å². The van der Waals surface area contributed by atoms with Crippen molar-refractivity contribution in [1.82, 2.24) is 4.31 Å². The monoisotopic (exact) mass is 293 g/mol. The minimum absolute atomic E-state index is 0.00559. The lowest BCUT2D eigenvalue weighted by molar-refractivity contribution is 0.243. The fourth-order valence-electron chi connectivity index (χ4n) is 2.47. The molecule has 0 spiro atoms. The highest BCUT2D eigenvalue weighted by Crippen LogP contribution is 2.25. The molecule has 5 nitrogen and oxygen atoms in total. The Bertz CT molecular complexity index is 602. The molecule has 1 aromatic rings. The van der Waals surface area contributed by atoms with Crippen LogP contribution in [0, 0.1) is 17.2 Å². The molecule has 1 aliphatic heterocycles. The lowest BCUT2D eigenvalue weighted by Gasteiger charge is -2.33. The molecule has 1 aliphatic rings. The number of nitriles is 1. The van der Waals surface area contributed by atoms with Gasteiger partial charge in [-0.05, 0) is 49.9 Å². The Morgan fingerprint density at radius 1 is 1.40 bits per heavy atom. The van der Waals surface area contributed by atoms with E-state index in [1.807, 2.05) is 13.0 Å². The van der Waals surface area contributed by atoms with Gasteiger partial charge >= 0.3 is 0 Å². The molecule has 6 heteroatoms. The minimum Gasteiger partial charge on any atom is -0.328 e. The first-order chi connectivity index (χ1) is 9.45. The molecule has 2 N–H and O–H groups in total. The predicted molar refractivity (Wildman–Crippen MR) is 76.3 cm³/mol. The van der Waals surface area contributed by atoms with Crippen LogP contribution in [0.15, 0.2) is 29.2 Å². The Morgan fingerprint density at radius 3 is 2.60 bits per heavy atom. The van der Waals surface area contributed by atoms with E-state index in [2.05, 4.69) is 0 Å². The third-order valence-corrected chi connectivity index (χ3v) is 5.66. The summed E-state index contributed by atoms with van der Waals surface area (Å²) in [6, 6.07) is 8.01.